The molecular weight excluding hydrogens is 424 g/mol. The van der Waals surface area contributed by atoms with Crippen LogP contribution in [0.3, 0.4) is 0 Å². The van der Waals surface area contributed by atoms with Crippen molar-refractivity contribution in [2.45, 2.75) is 40.2 Å². The summed E-state index contributed by atoms with van der Waals surface area (Å²) in [4.78, 5) is 35.8. The first kappa shape index (κ1) is 25.4. The molecule has 3 N–H and O–H groups in total. The summed E-state index contributed by atoms with van der Waals surface area (Å²) in [6.07, 6.45) is 2.08. The Hall–Kier alpha value is -3.88. The molecule has 3 amide bonds. The molecule has 9 heteroatoms. The van der Waals surface area contributed by atoms with E-state index < -0.39 is 11.8 Å². The van der Waals surface area contributed by atoms with Crippen LogP contribution in [0.25, 0.3) is 0 Å². The molecule has 2 aromatic carbocycles. The number of hydrogen-bond acceptors (Lipinski definition) is 6. The fourth-order valence-electron chi connectivity index (χ4n) is 2.71. The minimum Gasteiger partial charge on any atom is -0.493 e. The Kier molecular flexibility index (Phi) is 9.41. The lowest BCUT2D eigenvalue weighted by molar-refractivity contribution is -0.139. The minimum absolute atomic E-state index is 0.105. The second kappa shape index (κ2) is 12.2. The Bertz CT molecular complexity index is 1040. The van der Waals surface area contributed by atoms with E-state index in [1.54, 1.807) is 25.1 Å². The first-order valence-electron chi connectivity index (χ1n) is 10.6. The molecule has 0 saturated heterocycles. The monoisotopic (exact) mass is 454 g/mol. The van der Waals surface area contributed by atoms with Crippen molar-refractivity contribution in [2.24, 2.45) is 5.10 Å². The van der Waals surface area contributed by atoms with Gasteiger partial charge < -0.3 is 20.1 Å². The van der Waals surface area contributed by atoms with Crippen LogP contribution in [0.15, 0.2) is 41.5 Å². The van der Waals surface area contributed by atoms with Crippen molar-refractivity contribution in [2.75, 3.05) is 19.0 Å². The lowest BCUT2D eigenvalue weighted by Crippen LogP contribution is -2.41. The lowest BCUT2D eigenvalue weighted by Gasteiger charge is -2.13. The highest BCUT2D eigenvalue weighted by Crippen LogP contribution is 2.27. The highest BCUT2D eigenvalue weighted by Gasteiger charge is 2.14. The van der Waals surface area contributed by atoms with E-state index in [0.717, 1.165) is 16.8 Å². The molecule has 1 atom stereocenters. The highest BCUT2D eigenvalue weighted by atomic mass is 16.5. The minimum atomic E-state index is -0.853. The van der Waals surface area contributed by atoms with E-state index in [9.17, 15) is 14.4 Å². The summed E-state index contributed by atoms with van der Waals surface area (Å²) in [5.74, 6) is -1.13. The summed E-state index contributed by atoms with van der Waals surface area (Å²) in [5.41, 5.74) is 5.59. The number of methoxy groups -OCH3 is 1. The van der Waals surface area contributed by atoms with Crippen LogP contribution >= 0.6 is 0 Å². The Morgan fingerprint density at radius 2 is 1.85 bits per heavy atom. The third-order valence-corrected chi connectivity index (χ3v) is 5.00. The van der Waals surface area contributed by atoms with Crippen molar-refractivity contribution < 1.29 is 23.9 Å². The van der Waals surface area contributed by atoms with Gasteiger partial charge in [0.05, 0.1) is 13.3 Å². The first-order valence-corrected chi connectivity index (χ1v) is 10.6. The molecule has 0 aromatic heterocycles. The number of benzene rings is 2. The van der Waals surface area contributed by atoms with Crippen LogP contribution in [-0.2, 0) is 14.4 Å². The number of hydrazone groups is 1. The van der Waals surface area contributed by atoms with Gasteiger partial charge in [-0.1, -0.05) is 19.1 Å². The number of aryl methyl sites for hydroxylation is 1. The van der Waals surface area contributed by atoms with Crippen LogP contribution in [0.5, 0.6) is 11.5 Å². The van der Waals surface area contributed by atoms with Crippen molar-refractivity contribution in [3.05, 3.63) is 53.1 Å². The molecule has 2 rings (SSSR count). The second-order valence-electron chi connectivity index (χ2n) is 7.48. The van der Waals surface area contributed by atoms with Gasteiger partial charge in [-0.15, -0.1) is 0 Å². The number of ether oxygens (including phenoxy) is 2. The van der Waals surface area contributed by atoms with Gasteiger partial charge in [0, 0.05) is 11.7 Å². The molecule has 0 radical (unpaired) electrons. The number of carbonyl (C=O) groups is 3. The molecule has 0 aliphatic rings. The Morgan fingerprint density at radius 1 is 1.09 bits per heavy atom. The third kappa shape index (κ3) is 7.64. The molecule has 0 spiro atoms. The van der Waals surface area contributed by atoms with Gasteiger partial charge in [0.15, 0.2) is 18.1 Å². The molecular formula is C24H30N4O5. The van der Waals surface area contributed by atoms with Crippen molar-refractivity contribution in [3.63, 3.8) is 0 Å². The molecule has 176 valence electrons. The van der Waals surface area contributed by atoms with Crippen LogP contribution in [0.4, 0.5) is 5.69 Å². The maximum Gasteiger partial charge on any atom is 0.329 e. The standard InChI is InChI=1S/C24H30N4O5/c1-6-16(3)26-23(30)24(31)28-25-13-18-10-11-20(21(12-18)32-5)33-14-22(29)27-19-9-7-8-15(2)17(19)4/h7-13,16H,6,14H2,1-5H3,(H,26,30)(H,27,29)(H,28,31)/b25-13-/t16-/m0/s1. The predicted molar refractivity (Wildman–Crippen MR) is 127 cm³/mol. The number of amides is 3. The fraction of sp³-hybridized carbons (Fsp3) is 0.333. The fourth-order valence-corrected chi connectivity index (χ4v) is 2.71. The van der Waals surface area contributed by atoms with Crippen molar-refractivity contribution >= 4 is 29.6 Å². The number of carbonyl (C=O) groups excluding carboxylic acids is 3. The second-order valence-corrected chi connectivity index (χ2v) is 7.48. The van der Waals surface area contributed by atoms with E-state index in [0.29, 0.717) is 23.5 Å². The molecule has 0 bridgehead atoms. The van der Waals surface area contributed by atoms with Gasteiger partial charge >= 0.3 is 11.8 Å². The Morgan fingerprint density at radius 3 is 2.55 bits per heavy atom. The van der Waals surface area contributed by atoms with Gasteiger partial charge in [0.25, 0.3) is 5.91 Å². The summed E-state index contributed by atoms with van der Waals surface area (Å²) >= 11 is 0. The van der Waals surface area contributed by atoms with E-state index in [4.69, 9.17) is 9.47 Å². The SMILES string of the molecule is CC[C@H](C)NC(=O)C(=O)N/N=C\c1ccc(OCC(=O)Nc2cccc(C)c2C)c(OC)c1. The molecule has 0 aliphatic heterocycles. The average Bonchev–Trinajstić information content (AvgIpc) is 2.80. The molecule has 2 aromatic rings. The maximum atomic E-state index is 12.3. The number of nitrogens with one attached hydrogen (secondary N) is 3. The van der Waals surface area contributed by atoms with Gasteiger partial charge in [-0.05, 0) is 68.1 Å². The maximum absolute atomic E-state index is 12.3. The molecule has 33 heavy (non-hydrogen) atoms. The number of rotatable bonds is 9. The van der Waals surface area contributed by atoms with Crippen LogP contribution in [0.1, 0.15) is 37.0 Å². The van der Waals surface area contributed by atoms with Crippen molar-refractivity contribution in [1.82, 2.24) is 10.7 Å². The summed E-state index contributed by atoms with van der Waals surface area (Å²) in [6, 6.07) is 10.5. The van der Waals surface area contributed by atoms with Crippen molar-refractivity contribution in [1.29, 1.82) is 0 Å². The zero-order valence-electron chi connectivity index (χ0n) is 19.5. The topological polar surface area (TPSA) is 118 Å². The average molecular weight is 455 g/mol. The number of anilines is 1. The summed E-state index contributed by atoms with van der Waals surface area (Å²) < 4.78 is 10.9. The van der Waals surface area contributed by atoms with Crippen LogP contribution in [-0.4, -0.2) is 43.7 Å². The first-order chi connectivity index (χ1) is 15.7. The highest BCUT2D eigenvalue weighted by molar-refractivity contribution is 6.35. The number of nitrogens with zero attached hydrogens (tertiary/aromatic N) is 1. The van der Waals surface area contributed by atoms with Gasteiger partial charge in [0.1, 0.15) is 0 Å². The Balaban J connectivity index is 1.94. The van der Waals surface area contributed by atoms with Gasteiger partial charge in [0.2, 0.25) is 0 Å². The molecule has 0 saturated carbocycles. The molecule has 0 fully saturated rings. The van der Waals surface area contributed by atoms with Crippen LogP contribution < -0.4 is 25.5 Å². The third-order valence-electron chi connectivity index (χ3n) is 5.00. The van der Waals surface area contributed by atoms with E-state index in [-0.39, 0.29) is 18.6 Å². The summed E-state index contributed by atoms with van der Waals surface area (Å²) in [5, 5.41) is 9.18. The van der Waals surface area contributed by atoms with E-state index in [1.807, 2.05) is 39.0 Å². The normalized spacial score (nSPS) is 11.5. The van der Waals surface area contributed by atoms with Gasteiger partial charge in [-0.3, -0.25) is 14.4 Å². The van der Waals surface area contributed by atoms with Crippen molar-refractivity contribution in [3.8, 4) is 11.5 Å². The van der Waals surface area contributed by atoms with Gasteiger partial charge in [-0.25, -0.2) is 5.43 Å². The predicted octanol–water partition coefficient (Wildman–Crippen LogP) is 2.69. The largest absolute Gasteiger partial charge is 0.493 e. The zero-order valence-corrected chi connectivity index (χ0v) is 19.5. The molecule has 0 unspecified atom stereocenters. The number of hydrogen-bond donors (Lipinski definition) is 3. The lowest BCUT2D eigenvalue weighted by atomic mass is 10.1. The van der Waals surface area contributed by atoms with Gasteiger partial charge in [-0.2, -0.15) is 5.10 Å². The van der Waals surface area contributed by atoms with E-state index >= 15 is 0 Å². The summed E-state index contributed by atoms with van der Waals surface area (Å²) in [7, 11) is 1.47. The van der Waals surface area contributed by atoms with E-state index in [2.05, 4.69) is 21.2 Å². The van der Waals surface area contributed by atoms with Crippen LogP contribution in [0.2, 0.25) is 0 Å². The summed E-state index contributed by atoms with van der Waals surface area (Å²) in [6.45, 7) is 7.43. The zero-order chi connectivity index (χ0) is 24.4. The molecule has 0 aliphatic carbocycles. The molecule has 0 heterocycles. The van der Waals surface area contributed by atoms with E-state index in [1.165, 1.54) is 13.3 Å². The smallest absolute Gasteiger partial charge is 0.329 e. The Labute approximate surface area is 193 Å². The quantitative estimate of drug-likeness (QED) is 0.306. The van der Waals surface area contributed by atoms with Crippen LogP contribution in [0, 0.1) is 13.8 Å². The molecule has 9 nitrogen and oxygen atoms in total.